The molecule has 0 radical (unpaired) electrons. The maximum absolute atomic E-state index is 6.04. The first-order valence-corrected chi connectivity index (χ1v) is 8.64. The van der Waals surface area contributed by atoms with Crippen LogP contribution in [0.4, 0.5) is 0 Å². The van der Waals surface area contributed by atoms with Gasteiger partial charge in [0.25, 0.3) is 0 Å². The number of halogens is 1. The molecule has 0 N–H and O–H groups in total. The molecular formula is C19H18ClN3O. The van der Waals surface area contributed by atoms with Crippen molar-refractivity contribution in [2.24, 2.45) is 5.92 Å². The molecule has 0 spiro atoms. The Hall–Kier alpha value is -2.09. The quantitative estimate of drug-likeness (QED) is 0.788. The van der Waals surface area contributed by atoms with Gasteiger partial charge in [0.1, 0.15) is 11.8 Å². The summed E-state index contributed by atoms with van der Waals surface area (Å²) in [6.07, 6.45) is 2.69. The summed E-state index contributed by atoms with van der Waals surface area (Å²) >= 11 is 5.86. The number of hydrogen-bond donors (Lipinski definition) is 0. The molecular weight excluding hydrogens is 322 g/mol. The van der Waals surface area contributed by atoms with Crippen molar-refractivity contribution in [3.05, 3.63) is 52.7 Å². The van der Waals surface area contributed by atoms with Crippen LogP contribution in [0.5, 0.6) is 5.88 Å². The molecule has 2 aromatic rings. The lowest BCUT2D eigenvalue weighted by atomic mass is 9.86. The van der Waals surface area contributed by atoms with E-state index < -0.39 is 0 Å². The molecule has 122 valence electrons. The maximum atomic E-state index is 6.04. The zero-order valence-electron chi connectivity index (χ0n) is 13.3. The van der Waals surface area contributed by atoms with E-state index in [1.165, 1.54) is 25.9 Å². The Kier molecular flexibility index (Phi) is 4.38. The summed E-state index contributed by atoms with van der Waals surface area (Å²) in [7, 11) is 0. The predicted molar refractivity (Wildman–Crippen MR) is 93.0 cm³/mol. The number of benzene rings is 1. The van der Waals surface area contributed by atoms with E-state index in [1.54, 1.807) is 0 Å². The van der Waals surface area contributed by atoms with Crippen LogP contribution in [0, 0.1) is 17.8 Å². The Morgan fingerprint density at radius 2 is 1.79 bits per heavy atom. The molecule has 1 aromatic heterocycles. The van der Waals surface area contributed by atoms with Crippen molar-refractivity contribution in [1.82, 2.24) is 15.1 Å². The Morgan fingerprint density at radius 3 is 2.42 bits per heavy atom. The third-order valence-corrected chi connectivity index (χ3v) is 4.94. The Labute approximate surface area is 146 Å². The lowest BCUT2D eigenvalue weighted by Crippen LogP contribution is -2.52. The molecule has 3 aliphatic heterocycles. The average molecular weight is 340 g/mol. The fraction of sp³-hybridized carbons (Fsp3) is 0.368. The van der Waals surface area contributed by atoms with Crippen molar-refractivity contribution in [3.63, 3.8) is 0 Å². The standard InChI is InChI=1S/C19H18ClN3O/c20-16-4-1-14(2-5-16)3-6-17-7-8-19(22-21-17)24-18-13-23-11-9-15(18)10-12-23/h1-2,4-5,7-8,15,18H,9-13H2. The van der Waals surface area contributed by atoms with Crippen molar-refractivity contribution < 1.29 is 4.74 Å². The lowest BCUT2D eigenvalue weighted by Gasteiger charge is -2.44. The number of ether oxygens (including phenoxy) is 1. The van der Waals surface area contributed by atoms with E-state index in [9.17, 15) is 0 Å². The number of nitrogens with zero attached hydrogens (tertiary/aromatic N) is 3. The lowest BCUT2D eigenvalue weighted by molar-refractivity contribution is -0.0104. The van der Waals surface area contributed by atoms with Crippen LogP contribution in [0.25, 0.3) is 0 Å². The molecule has 3 aliphatic rings. The smallest absolute Gasteiger partial charge is 0.233 e. The highest BCUT2D eigenvalue weighted by Gasteiger charge is 2.35. The summed E-state index contributed by atoms with van der Waals surface area (Å²) in [5.41, 5.74) is 1.53. The average Bonchev–Trinajstić information content (AvgIpc) is 2.63. The van der Waals surface area contributed by atoms with Gasteiger partial charge in [0.05, 0.1) is 0 Å². The first-order chi connectivity index (χ1) is 11.8. The summed E-state index contributed by atoms with van der Waals surface area (Å²) in [5.74, 6) is 7.30. The number of fused-ring (bicyclic) bond motifs is 3. The van der Waals surface area contributed by atoms with E-state index in [2.05, 4.69) is 26.9 Å². The molecule has 24 heavy (non-hydrogen) atoms. The summed E-state index contributed by atoms with van der Waals surface area (Å²) in [6, 6.07) is 11.1. The molecule has 2 bridgehead atoms. The molecule has 1 aromatic carbocycles. The summed E-state index contributed by atoms with van der Waals surface area (Å²) in [4.78, 5) is 2.46. The fourth-order valence-electron chi connectivity index (χ4n) is 3.32. The van der Waals surface area contributed by atoms with Crippen molar-refractivity contribution in [2.45, 2.75) is 18.9 Å². The minimum Gasteiger partial charge on any atom is -0.472 e. The summed E-state index contributed by atoms with van der Waals surface area (Å²) in [6.45, 7) is 3.41. The highest BCUT2D eigenvalue weighted by Crippen LogP contribution is 2.29. The third-order valence-electron chi connectivity index (χ3n) is 4.69. The van der Waals surface area contributed by atoms with Crippen molar-refractivity contribution >= 4 is 11.6 Å². The second-order valence-corrected chi connectivity index (χ2v) is 6.74. The van der Waals surface area contributed by atoms with E-state index in [-0.39, 0.29) is 6.10 Å². The monoisotopic (exact) mass is 339 g/mol. The Morgan fingerprint density at radius 1 is 1.00 bits per heavy atom. The highest BCUT2D eigenvalue weighted by atomic mass is 35.5. The van der Waals surface area contributed by atoms with Gasteiger partial charge < -0.3 is 4.74 Å². The van der Waals surface area contributed by atoms with Crippen molar-refractivity contribution in [3.8, 4) is 17.7 Å². The molecule has 1 unspecified atom stereocenters. The molecule has 4 heterocycles. The van der Waals surface area contributed by atoms with Gasteiger partial charge in [0.15, 0.2) is 0 Å². The Bertz CT molecular complexity index is 756. The SMILES string of the molecule is Clc1ccc(C#Cc2ccc(OC3CN4CCC3CC4)nn2)cc1. The van der Waals surface area contributed by atoms with Crippen molar-refractivity contribution in [2.75, 3.05) is 19.6 Å². The normalized spacial score (nSPS) is 25.0. The van der Waals surface area contributed by atoms with Crippen LogP contribution in [0.3, 0.4) is 0 Å². The second kappa shape index (κ2) is 6.80. The van der Waals surface area contributed by atoms with Gasteiger partial charge in [-0.3, -0.25) is 4.90 Å². The van der Waals surface area contributed by atoms with Crippen LogP contribution in [-0.4, -0.2) is 40.8 Å². The number of piperidine rings is 3. The first-order valence-electron chi connectivity index (χ1n) is 8.26. The number of rotatable bonds is 2. The van der Waals surface area contributed by atoms with Gasteiger partial charge in [-0.05, 0) is 68.1 Å². The van der Waals surface area contributed by atoms with E-state index in [0.717, 1.165) is 12.1 Å². The molecule has 0 aliphatic carbocycles. The van der Waals surface area contributed by atoms with Gasteiger partial charge in [-0.25, -0.2) is 0 Å². The zero-order chi connectivity index (χ0) is 16.4. The zero-order valence-corrected chi connectivity index (χ0v) is 14.0. The van der Waals surface area contributed by atoms with Gasteiger partial charge in [-0.1, -0.05) is 17.5 Å². The van der Waals surface area contributed by atoms with Gasteiger partial charge in [0.2, 0.25) is 5.88 Å². The molecule has 5 heteroatoms. The molecule has 1 atom stereocenters. The first kappa shape index (κ1) is 15.4. The third kappa shape index (κ3) is 3.53. The van der Waals surface area contributed by atoms with E-state index in [0.29, 0.717) is 22.5 Å². The van der Waals surface area contributed by atoms with E-state index in [4.69, 9.17) is 16.3 Å². The minimum absolute atomic E-state index is 0.243. The van der Waals surface area contributed by atoms with Gasteiger partial charge in [-0.2, -0.15) is 0 Å². The van der Waals surface area contributed by atoms with E-state index >= 15 is 0 Å². The molecule has 4 nitrogen and oxygen atoms in total. The molecule has 0 saturated carbocycles. The number of hydrogen-bond acceptors (Lipinski definition) is 4. The molecule has 3 fully saturated rings. The van der Waals surface area contributed by atoms with Crippen LogP contribution in [-0.2, 0) is 0 Å². The molecule has 3 saturated heterocycles. The van der Waals surface area contributed by atoms with Crippen molar-refractivity contribution in [1.29, 1.82) is 0 Å². The van der Waals surface area contributed by atoms with Crippen LogP contribution in [0.15, 0.2) is 36.4 Å². The Balaban J connectivity index is 1.41. The second-order valence-electron chi connectivity index (χ2n) is 6.31. The summed E-state index contributed by atoms with van der Waals surface area (Å²) in [5, 5.41) is 9.02. The topological polar surface area (TPSA) is 38.2 Å². The minimum atomic E-state index is 0.243. The van der Waals surface area contributed by atoms with Gasteiger partial charge >= 0.3 is 0 Å². The molecule has 5 rings (SSSR count). The maximum Gasteiger partial charge on any atom is 0.233 e. The number of aromatic nitrogens is 2. The highest BCUT2D eigenvalue weighted by molar-refractivity contribution is 6.30. The predicted octanol–water partition coefficient (Wildman–Crippen LogP) is 3.00. The van der Waals surface area contributed by atoms with Gasteiger partial charge in [0, 0.05) is 23.2 Å². The van der Waals surface area contributed by atoms with Crippen LogP contribution in [0.1, 0.15) is 24.1 Å². The van der Waals surface area contributed by atoms with Crippen LogP contribution < -0.4 is 4.74 Å². The van der Waals surface area contributed by atoms with Crippen LogP contribution >= 0.6 is 11.6 Å². The van der Waals surface area contributed by atoms with E-state index in [1.807, 2.05) is 36.4 Å². The summed E-state index contributed by atoms with van der Waals surface area (Å²) < 4.78 is 6.04. The van der Waals surface area contributed by atoms with Gasteiger partial charge in [-0.15, -0.1) is 10.2 Å². The van der Waals surface area contributed by atoms with Crippen LogP contribution in [0.2, 0.25) is 5.02 Å². The molecule has 0 amide bonds. The largest absolute Gasteiger partial charge is 0.472 e. The fourth-order valence-corrected chi connectivity index (χ4v) is 3.44.